The molecule has 0 bridgehead atoms. The summed E-state index contributed by atoms with van der Waals surface area (Å²) in [5.41, 5.74) is 8.20. The largest absolute Gasteiger partial charge is 0.496 e. The highest BCUT2D eigenvalue weighted by molar-refractivity contribution is 5.95. The van der Waals surface area contributed by atoms with Gasteiger partial charge in [0.15, 0.2) is 0 Å². The molecule has 0 amide bonds. The molecule has 2 aromatic rings. The Morgan fingerprint density at radius 3 is 2.52 bits per heavy atom. The van der Waals surface area contributed by atoms with Gasteiger partial charge in [0.05, 0.1) is 19.8 Å². The number of methoxy groups -OCH3 is 1. The fraction of sp³-hybridized carbons (Fsp3) is 0.235. The van der Waals surface area contributed by atoms with Crippen molar-refractivity contribution >= 4 is 5.84 Å². The van der Waals surface area contributed by atoms with E-state index in [2.05, 4.69) is 0 Å². The molecule has 2 rings (SSSR count). The maximum absolute atomic E-state index is 7.51. The maximum atomic E-state index is 7.51. The highest BCUT2D eigenvalue weighted by atomic mass is 16.5. The van der Waals surface area contributed by atoms with Gasteiger partial charge in [0.2, 0.25) is 0 Å². The van der Waals surface area contributed by atoms with Crippen molar-refractivity contribution in [3.8, 4) is 5.75 Å². The summed E-state index contributed by atoms with van der Waals surface area (Å²) in [4.78, 5) is 0. The van der Waals surface area contributed by atoms with Crippen LogP contribution in [0.1, 0.15) is 29.7 Å². The van der Waals surface area contributed by atoms with Crippen molar-refractivity contribution in [2.75, 3.05) is 7.11 Å². The molecule has 0 saturated carbocycles. The fourth-order valence-electron chi connectivity index (χ4n) is 2.09. The van der Waals surface area contributed by atoms with Crippen LogP contribution in [0.3, 0.4) is 0 Å². The second-order valence-corrected chi connectivity index (χ2v) is 4.80. The second kappa shape index (κ2) is 6.90. The molecule has 110 valence electrons. The third kappa shape index (κ3) is 3.83. The predicted octanol–water partition coefficient (Wildman–Crippen LogP) is 3.26. The van der Waals surface area contributed by atoms with Crippen LogP contribution in [0.5, 0.6) is 5.75 Å². The van der Waals surface area contributed by atoms with Crippen LogP contribution in [0, 0.1) is 5.41 Å². The highest BCUT2D eigenvalue weighted by Crippen LogP contribution is 2.24. The average Bonchev–Trinajstić information content (AvgIpc) is 2.53. The van der Waals surface area contributed by atoms with Crippen LogP contribution in [0.2, 0.25) is 0 Å². The second-order valence-electron chi connectivity index (χ2n) is 4.80. The molecule has 0 radical (unpaired) electrons. The Morgan fingerprint density at radius 1 is 1.19 bits per heavy atom. The number of rotatable bonds is 6. The lowest BCUT2D eigenvalue weighted by Crippen LogP contribution is -2.12. The summed E-state index contributed by atoms with van der Waals surface area (Å²) in [6.45, 7) is 2.41. The first-order chi connectivity index (χ1) is 10.1. The first-order valence-corrected chi connectivity index (χ1v) is 6.79. The Morgan fingerprint density at radius 2 is 1.90 bits per heavy atom. The Balaban J connectivity index is 2.11. The molecule has 1 unspecified atom stereocenters. The topological polar surface area (TPSA) is 68.3 Å². The van der Waals surface area contributed by atoms with Crippen molar-refractivity contribution < 1.29 is 9.47 Å². The SMILES string of the molecule is COc1ccc(C(=N)N)cc1COC(C)c1ccccc1. The molecule has 0 heterocycles. The van der Waals surface area contributed by atoms with E-state index in [1.807, 2.05) is 49.4 Å². The number of amidine groups is 1. The van der Waals surface area contributed by atoms with Gasteiger partial charge in [0.1, 0.15) is 11.6 Å². The van der Waals surface area contributed by atoms with E-state index in [1.54, 1.807) is 13.2 Å². The number of hydrogen-bond acceptors (Lipinski definition) is 3. The van der Waals surface area contributed by atoms with E-state index >= 15 is 0 Å². The monoisotopic (exact) mass is 284 g/mol. The summed E-state index contributed by atoms with van der Waals surface area (Å²) in [6, 6.07) is 15.4. The summed E-state index contributed by atoms with van der Waals surface area (Å²) >= 11 is 0. The highest BCUT2D eigenvalue weighted by Gasteiger charge is 2.10. The number of ether oxygens (including phenoxy) is 2. The van der Waals surface area contributed by atoms with Gasteiger partial charge in [-0.2, -0.15) is 0 Å². The minimum absolute atomic E-state index is 0.0168. The Labute approximate surface area is 125 Å². The first kappa shape index (κ1) is 15.1. The van der Waals surface area contributed by atoms with Gasteiger partial charge in [-0.3, -0.25) is 5.41 Å². The lowest BCUT2D eigenvalue weighted by Gasteiger charge is -2.16. The van der Waals surface area contributed by atoms with Crippen molar-refractivity contribution in [3.05, 3.63) is 65.2 Å². The van der Waals surface area contributed by atoms with Gasteiger partial charge in [-0.1, -0.05) is 30.3 Å². The zero-order chi connectivity index (χ0) is 15.2. The number of nitrogen functional groups attached to an aromatic ring is 1. The Bertz CT molecular complexity index is 611. The van der Waals surface area contributed by atoms with Crippen molar-refractivity contribution in [2.45, 2.75) is 19.6 Å². The summed E-state index contributed by atoms with van der Waals surface area (Å²) < 4.78 is 11.2. The molecule has 0 aromatic heterocycles. The van der Waals surface area contributed by atoms with Gasteiger partial charge in [0, 0.05) is 11.1 Å². The third-order valence-corrected chi connectivity index (χ3v) is 3.35. The van der Waals surface area contributed by atoms with Crippen molar-refractivity contribution in [1.82, 2.24) is 0 Å². The van der Waals surface area contributed by atoms with Crippen LogP contribution < -0.4 is 10.5 Å². The molecule has 3 N–H and O–H groups in total. The van der Waals surface area contributed by atoms with E-state index in [1.165, 1.54) is 0 Å². The molecule has 0 aliphatic heterocycles. The van der Waals surface area contributed by atoms with E-state index in [4.69, 9.17) is 20.6 Å². The van der Waals surface area contributed by atoms with E-state index in [-0.39, 0.29) is 11.9 Å². The van der Waals surface area contributed by atoms with Crippen LogP contribution in [0.4, 0.5) is 0 Å². The number of nitrogens with two attached hydrogens (primary N) is 1. The van der Waals surface area contributed by atoms with Gasteiger partial charge in [0.25, 0.3) is 0 Å². The third-order valence-electron chi connectivity index (χ3n) is 3.35. The van der Waals surface area contributed by atoms with E-state index < -0.39 is 0 Å². The smallest absolute Gasteiger partial charge is 0.124 e. The standard InChI is InChI=1S/C17H20N2O2/c1-12(13-6-4-3-5-7-13)21-11-15-10-14(17(18)19)8-9-16(15)20-2/h3-10,12H,11H2,1-2H3,(H3,18,19). The van der Waals surface area contributed by atoms with Crippen molar-refractivity contribution in [1.29, 1.82) is 5.41 Å². The quantitative estimate of drug-likeness (QED) is 0.632. The molecule has 21 heavy (non-hydrogen) atoms. The molecule has 0 aliphatic carbocycles. The molecule has 1 atom stereocenters. The number of nitrogens with one attached hydrogen (secondary N) is 1. The van der Waals surface area contributed by atoms with E-state index in [0.29, 0.717) is 12.2 Å². The van der Waals surface area contributed by atoms with Crippen LogP contribution in [0.15, 0.2) is 48.5 Å². The molecule has 2 aromatic carbocycles. The summed E-state index contributed by atoms with van der Waals surface area (Å²) in [5, 5.41) is 7.51. The minimum atomic E-state index is -0.0168. The fourth-order valence-corrected chi connectivity index (χ4v) is 2.09. The zero-order valence-corrected chi connectivity index (χ0v) is 12.3. The molecule has 4 nitrogen and oxygen atoms in total. The number of hydrogen-bond donors (Lipinski definition) is 2. The molecule has 0 aliphatic rings. The number of benzene rings is 2. The van der Waals surface area contributed by atoms with Crippen molar-refractivity contribution in [3.63, 3.8) is 0 Å². The van der Waals surface area contributed by atoms with E-state index in [0.717, 1.165) is 16.9 Å². The zero-order valence-electron chi connectivity index (χ0n) is 12.3. The van der Waals surface area contributed by atoms with Gasteiger partial charge in [-0.05, 0) is 30.7 Å². The maximum Gasteiger partial charge on any atom is 0.124 e. The summed E-state index contributed by atoms with van der Waals surface area (Å²) in [5.74, 6) is 0.773. The molecule has 0 saturated heterocycles. The van der Waals surface area contributed by atoms with Gasteiger partial charge >= 0.3 is 0 Å². The van der Waals surface area contributed by atoms with Crippen LogP contribution in [-0.2, 0) is 11.3 Å². The van der Waals surface area contributed by atoms with Gasteiger partial charge in [-0.15, -0.1) is 0 Å². The first-order valence-electron chi connectivity index (χ1n) is 6.79. The average molecular weight is 284 g/mol. The predicted molar refractivity (Wildman–Crippen MR) is 83.7 cm³/mol. The van der Waals surface area contributed by atoms with Gasteiger partial charge < -0.3 is 15.2 Å². The molecule has 0 fully saturated rings. The molecule has 4 heteroatoms. The normalized spacial score (nSPS) is 11.9. The lowest BCUT2D eigenvalue weighted by molar-refractivity contribution is 0.0514. The van der Waals surface area contributed by atoms with E-state index in [9.17, 15) is 0 Å². The van der Waals surface area contributed by atoms with Crippen LogP contribution in [0.25, 0.3) is 0 Å². The molecular formula is C17H20N2O2. The molecule has 0 spiro atoms. The minimum Gasteiger partial charge on any atom is -0.496 e. The lowest BCUT2D eigenvalue weighted by atomic mass is 10.1. The van der Waals surface area contributed by atoms with Crippen molar-refractivity contribution in [2.24, 2.45) is 5.73 Å². The van der Waals surface area contributed by atoms with Gasteiger partial charge in [-0.25, -0.2) is 0 Å². The summed E-state index contributed by atoms with van der Waals surface area (Å²) in [6.07, 6.45) is -0.0168. The Kier molecular flexibility index (Phi) is 4.95. The van der Waals surface area contributed by atoms with Crippen LogP contribution in [-0.4, -0.2) is 12.9 Å². The Hall–Kier alpha value is -2.33. The van der Waals surface area contributed by atoms with Crippen LogP contribution >= 0.6 is 0 Å². The summed E-state index contributed by atoms with van der Waals surface area (Å²) in [7, 11) is 1.62. The molecular weight excluding hydrogens is 264 g/mol.